The van der Waals surface area contributed by atoms with Gasteiger partial charge in [-0.15, -0.1) is 0 Å². The molecule has 1 aromatic carbocycles. The van der Waals surface area contributed by atoms with E-state index in [9.17, 15) is 13.5 Å². The van der Waals surface area contributed by atoms with Gasteiger partial charge in [-0.1, -0.05) is 12.8 Å². The number of ether oxygens (including phenoxy) is 1. The van der Waals surface area contributed by atoms with Gasteiger partial charge in [0.05, 0.1) is 18.6 Å². The second-order valence-electron chi connectivity index (χ2n) is 5.57. The molecule has 1 N–H and O–H groups in total. The van der Waals surface area contributed by atoms with Crippen molar-refractivity contribution in [2.24, 2.45) is 5.92 Å². The maximum Gasteiger partial charge on any atom is 0.242 e. The highest BCUT2D eigenvalue weighted by Crippen LogP contribution is 2.28. The average molecular weight is 313 g/mol. The van der Waals surface area contributed by atoms with E-state index in [0.717, 1.165) is 12.8 Å². The number of nitrogens with zero attached hydrogens (tertiary/aromatic N) is 1. The predicted octanol–water partition coefficient (Wildman–Crippen LogP) is 2.00. The molecule has 1 aliphatic carbocycles. The lowest BCUT2D eigenvalue weighted by Crippen LogP contribution is -2.31. The van der Waals surface area contributed by atoms with Crippen LogP contribution in [0.5, 0.6) is 5.75 Å². The van der Waals surface area contributed by atoms with E-state index in [4.69, 9.17) is 4.74 Å². The van der Waals surface area contributed by atoms with E-state index >= 15 is 0 Å². The quantitative estimate of drug-likeness (QED) is 0.872. The standard InChI is InChI=1S/C15H23NO4S/c1-16(10-12-5-3-4-6-12)21(18,19)14-7-8-15(20-2)13(9-14)11-17/h7-9,12,17H,3-6,10-11H2,1-2H3. The smallest absolute Gasteiger partial charge is 0.242 e. The number of sulfonamides is 1. The zero-order chi connectivity index (χ0) is 15.5. The molecule has 0 unspecified atom stereocenters. The lowest BCUT2D eigenvalue weighted by Gasteiger charge is -2.21. The highest BCUT2D eigenvalue weighted by molar-refractivity contribution is 7.89. The minimum Gasteiger partial charge on any atom is -0.496 e. The third kappa shape index (κ3) is 3.56. The minimum atomic E-state index is -3.52. The summed E-state index contributed by atoms with van der Waals surface area (Å²) in [5, 5.41) is 9.32. The Bertz CT molecular complexity index is 579. The molecule has 2 rings (SSSR count). The molecule has 21 heavy (non-hydrogen) atoms. The number of rotatable bonds is 6. The molecule has 0 bridgehead atoms. The van der Waals surface area contributed by atoms with Crippen molar-refractivity contribution in [3.63, 3.8) is 0 Å². The summed E-state index contributed by atoms with van der Waals surface area (Å²) < 4.78 is 31.7. The Balaban J connectivity index is 2.21. The molecule has 0 spiro atoms. The maximum absolute atomic E-state index is 12.6. The number of methoxy groups -OCH3 is 1. The van der Waals surface area contributed by atoms with Crippen LogP contribution in [0.4, 0.5) is 0 Å². The fourth-order valence-electron chi connectivity index (χ4n) is 2.87. The van der Waals surface area contributed by atoms with Crippen LogP contribution < -0.4 is 4.74 Å². The van der Waals surface area contributed by atoms with Crippen LogP contribution >= 0.6 is 0 Å². The van der Waals surface area contributed by atoms with Gasteiger partial charge in [0.1, 0.15) is 5.75 Å². The van der Waals surface area contributed by atoms with Crippen molar-refractivity contribution < 1.29 is 18.3 Å². The molecule has 0 atom stereocenters. The molecule has 1 saturated carbocycles. The van der Waals surface area contributed by atoms with E-state index < -0.39 is 10.0 Å². The Kier molecular flexibility index (Phi) is 5.24. The lowest BCUT2D eigenvalue weighted by atomic mass is 10.1. The van der Waals surface area contributed by atoms with Gasteiger partial charge in [0, 0.05) is 19.2 Å². The van der Waals surface area contributed by atoms with Crippen molar-refractivity contribution in [1.29, 1.82) is 0 Å². The van der Waals surface area contributed by atoms with Gasteiger partial charge in [-0.2, -0.15) is 0 Å². The molecule has 0 aromatic heterocycles. The summed E-state index contributed by atoms with van der Waals surface area (Å²) in [6.07, 6.45) is 4.58. The van der Waals surface area contributed by atoms with E-state index in [1.807, 2.05) is 0 Å². The number of aliphatic hydroxyl groups is 1. The minimum absolute atomic E-state index is 0.202. The van der Waals surface area contributed by atoms with Crippen LogP contribution in [0.25, 0.3) is 0 Å². The van der Waals surface area contributed by atoms with Gasteiger partial charge in [-0.05, 0) is 37.0 Å². The molecule has 6 heteroatoms. The van der Waals surface area contributed by atoms with Gasteiger partial charge in [-0.3, -0.25) is 0 Å². The lowest BCUT2D eigenvalue weighted by molar-refractivity contribution is 0.273. The summed E-state index contributed by atoms with van der Waals surface area (Å²) >= 11 is 0. The number of aliphatic hydroxyl groups excluding tert-OH is 1. The van der Waals surface area contributed by atoms with Gasteiger partial charge in [0.25, 0.3) is 0 Å². The summed E-state index contributed by atoms with van der Waals surface area (Å²) in [6, 6.07) is 4.60. The fourth-order valence-corrected chi connectivity index (χ4v) is 4.17. The summed E-state index contributed by atoms with van der Waals surface area (Å²) in [5.74, 6) is 0.954. The maximum atomic E-state index is 12.6. The Morgan fingerprint density at radius 3 is 2.57 bits per heavy atom. The van der Waals surface area contributed by atoms with E-state index in [1.165, 1.54) is 36.4 Å². The van der Waals surface area contributed by atoms with Crippen molar-refractivity contribution in [3.05, 3.63) is 23.8 Å². The van der Waals surface area contributed by atoms with E-state index in [2.05, 4.69) is 0 Å². The van der Waals surface area contributed by atoms with Gasteiger partial charge in [-0.25, -0.2) is 12.7 Å². The average Bonchev–Trinajstić information content (AvgIpc) is 2.99. The third-order valence-electron chi connectivity index (χ3n) is 4.12. The van der Waals surface area contributed by atoms with Crippen molar-refractivity contribution in [3.8, 4) is 5.75 Å². The summed E-state index contributed by atoms with van der Waals surface area (Å²) in [4.78, 5) is 0.202. The van der Waals surface area contributed by atoms with Crippen LogP contribution in [-0.2, 0) is 16.6 Å². The zero-order valence-corrected chi connectivity index (χ0v) is 13.4. The summed E-state index contributed by atoms with van der Waals surface area (Å²) in [5.41, 5.74) is 0.479. The second kappa shape index (κ2) is 6.77. The van der Waals surface area contributed by atoms with Crippen LogP contribution in [0.2, 0.25) is 0 Å². The predicted molar refractivity (Wildman–Crippen MR) is 80.7 cm³/mol. The number of benzene rings is 1. The van der Waals surface area contributed by atoms with Gasteiger partial charge in [0.15, 0.2) is 0 Å². The molecular weight excluding hydrogens is 290 g/mol. The van der Waals surface area contributed by atoms with Crippen LogP contribution in [0, 0.1) is 5.92 Å². The molecule has 0 aliphatic heterocycles. The first kappa shape index (κ1) is 16.3. The molecule has 1 aliphatic rings. The molecule has 0 amide bonds. The normalized spacial score (nSPS) is 16.6. The van der Waals surface area contributed by atoms with Crippen molar-refractivity contribution >= 4 is 10.0 Å². The SMILES string of the molecule is COc1ccc(S(=O)(=O)N(C)CC2CCCC2)cc1CO. The molecule has 0 radical (unpaired) electrons. The zero-order valence-electron chi connectivity index (χ0n) is 12.6. The largest absolute Gasteiger partial charge is 0.496 e. The molecule has 118 valence electrons. The molecule has 5 nitrogen and oxygen atoms in total. The van der Waals surface area contributed by atoms with Gasteiger partial charge < -0.3 is 9.84 Å². The Labute approximate surface area is 126 Å². The van der Waals surface area contributed by atoms with E-state index in [-0.39, 0.29) is 11.5 Å². The summed E-state index contributed by atoms with van der Waals surface area (Å²) in [6.45, 7) is 0.307. The molecular formula is C15H23NO4S. The van der Waals surface area contributed by atoms with Crippen molar-refractivity contribution in [2.45, 2.75) is 37.2 Å². The van der Waals surface area contributed by atoms with Crippen molar-refractivity contribution in [2.75, 3.05) is 20.7 Å². The van der Waals surface area contributed by atoms with E-state index in [1.54, 1.807) is 13.1 Å². The third-order valence-corrected chi connectivity index (χ3v) is 5.94. The molecule has 0 saturated heterocycles. The number of hydrogen-bond acceptors (Lipinski definition) is 4. The molecule has 1 aromatic rings. The Morgan fingerprint density at radius 2 is 2.00 bits per heavy atom. The highest BCUT2D eigenvalue weighted by atomic mass is 32.2. The van der Waals surface area contributed by atoms with Crippen LogP contribution in [-0.4, -0.2) is 38.5 Å². The first-order valence-corrected chi connectivity index (χ1v) is 8.67. The van der Waals surface area contributed by atoms with Crippen molar-refractivity contribution in [1.82, 2.24) is 4.31 Å². The second-order valence-corrected chi connectivity index (χ2v) is 7.61. The topological polar surface area (TPSA) is 66.8 Å². The van der Waals surface area contributed by atoms with Crippen LogP contribution in [0.15, 0.2) is 23.1 Å². The fraction of sp³-hybridized carbons (Fsp3) is 0.600. The monoisotopic (exact) mass is 313 g/mol. The van der Waals surface area contributed by atoms with Crippen LogP contribution in [0.3, 0.4) is 0 Å². The first-order chi connectivity index (χ1) is 9.98. The van der Waals surface area contributed by atoms with Gasteiger partial charge >= 0.3 is 0 Å². The van der Waals surface area contributed by atoms with Crippen LogP contribution in [0.1, 0.15) is 31.2 Å². The van der Waals surface area contributed by atoms with E-state index in [0.29, 0.717) is 23.8 Å². The highest BCUT2D eigenvalue weighted by Gasteiger charge is 2.26. The molecule has 0 heterocycles. The first-order valence-electron chi connectivity index (χ1n) is 7.23. The molecule has 1 fully saturated rings. The Hall–Kier alpha value is -1.11. The Morgan fingerprint density at radius 1 is 1.33 bits per heavy atom. The summed E-state index contributed by atoms with van der Waals surface area (Å²) in [7, 11) is -0.401. The number of hydrogen-bond donors (Lipinski definition) is 1. The van der Waals surface area contributed by atoms with Gasteiger partial charge in [0.2, 0.25) is 10.0 Å².